The van der Waals surface area contributed by atoms with E-state index in [1.165, 1.54) is 5.56 Å². The zero-order valence-corrected chi connectivity index (χ0v) is 15.3. The van der Waals surface area contributed by atoms with Gasteiger partial charge in [-0.25, -0.2) is 4.79 Å². The van der Waals surface area contributed by atoms with Crippen molar-refractivity contribution in [1.82, 2.24) is 0 Å². The summed E-state index contributed by atoms with van der Waals surface area (Å²) >= 11 is 0. The Bertz CT molecular complexity index is 974. The third-order valence-electron chi connectivity index (χ3n) is 4.54. The lowest BCUT2D eigenvalue weighted by Gasteiger charge is -2.21. The number of fused-ring (bicyclic) bond motifs is 2. The smallest absolute Gasteiger partial charge is 0.333 e. The van der Waals surface area contributed by atoms with Gasteiger partial charge in [-0.05, 0) is 45.5 Å². The molecule has 0 saturated heterocycles. The van der Waals surface area contributed by atoms with Crippen molar-refractivity contribution >= 4 is 27.5 Å². The van der Waals surface area contributed by atoms with Crippen LogP contribution in [-0.2, 0) is 21.6 Å². The number of ether oxygens (including phenoxy) is 1. The summed E-state index contributed by atoms with van der Waals surface area (Å²) in [7, 11) is 0. The van der Waals surface area contributed by atoms with Crippen molar-refractivity contribution in [2.45, 2.75) is 39.7 Å². The highest BCUT2D eigenvalue weighted by Gasteiger charge is 2.16. The van der Waals surface area contributed by atoms with Crippen molar-refractivity contribution in [1.29, 1.82) is 0 Å². The average Bonchev–Trinajstić information content (AvgIpc) is 2.56. The third kappa shape index (κ3) is 3.43. The van der Waals surface area contributed by atoms with Crippen LogP contribution < -0.4 is 0 Å². The molecule has 0 fully saturated rings. The molecule has 0 unspecified atom stereocenters. The minimum atomic E-state index is -0.354. The van der Waals surface area contributed by atoms with Gasteiger partial charge in [-0.3, -0.25) is 0 Å². The van der Waals surface area contributed by atoms with Crippen LogP contribution in [-0.4, -0.2) is 5.97 Å². The molecule has 2 heteroatoms. The van der Waals surface area contributed by atoms with E-state index in [4.69, 9.17) is 4.74 Å². The van der Waals surface area contributed by atoms with E-state index in [2.05, 4.69) is 63.7 Å². The highest BCUT2D eigenvalue weighted by Crippen LogP contribution is 2.33. The van der Waals surface area contributed by atoms with E-state index in [-0.39, 0.29) is 18.0 Å². The standard InChI is InChI=1S/C23H24O2/c1-15(2)22(24)25-14-21-19-9-7-6-8-16(19)12-17-10-11-18(13-20(17)21)23(3,4)5/h6-13H,1,14H2,2-5H3. The van der Waals surface area contributed by atoms with Gasteiger partial charge < -0.3 is 4.74 Å². The topological polar surface area (TPSA) is 26.3 Å². The molecule has 0 heterocycles. The first-order chi connectivity index (χ1) is 11.8. The first-order valence-electron chi connectivity index (χ1n) is 8.55. The fourth-order valence-corrected chi connectivity index (χ4v) is 3.04. The quantitative estimate of drug-likeness (QED) is 0.338. The van der Waals surface area contributed by atoms with Crippen LogP contribution in [0, 0.1) is 0 Å². The Labute approximate surface area is 149 Å². The SMILES string of the molecule is C=C(C)C(=O)OCc1c2ccccc2cc2ccc(C(C)(C)C)cc12. The van der Waals surface area contributed by atoms with Gasteiger partial charge in [-0.1, -0.05) is 69.8 Å². The van der Waals surface area contributed by atoms with E-state index in [1.807, 2.05) is 12.1 Å². The van der Waals surface area contributed by atoms with Crippen molar-refractivity contribution in [3.05, 3.63) is 71.8 Å². The monoisotopic (exact) mass is 332 g/mol. The van der Waals surface area contributed by atoms with Crippen molar-refractivity contribution in [3.8, 4) is 0 Å². The summed E-state index contributed by atoms with van der Waals surface area (Å²) in [5.74, 6) is -0.354. The second-order valence-electron chi connectivity index (χ2n) is 7.62. The summed E-state index contributed by atoms with van der Waals surface area (Å²) in [4.78, 5) is 11.9. The predicted octanol–water partition coefficient (Wildman–Crippen LogP) is 5.91. The highest BCUT2D eigenvalue weighted by molar-refractivity contribution is 6.02. The number of hydrogen-bond acceptors (Lipinski definition) is 2. The fourth-order valence-electron chi connectivity index (χ4n) is 3.04. The lowest BCUT2D eigenvalue weighted by atomic mass is 9.84. The van der Waals surface area contributed by atoms with Crippen LogP contribution in [0.2, 0.25) is 0 Å². The molecular formula is C23H24O2. The van der Waals surface area contributed by atoms with Gasteiger partial charge in [0, 0.05) is 11.1 Å². The molecule has 3 aromatic carbocycles. The molecule has 0 aliphatic carbocycles. The first-order valence-corrected chi connectivity index (χ1v) is 8.55. The molecule has 2 nitrogen and oxygen atoms in total. The van der Waals surface area contributed by atoms with Crippen LogP contribution in [0.5, 0.6) is 0 Å². The van der Waals surface area contributed by atoms with E-state index in [9.17, 15) is 4.79 Å². The Morgan fingerprint density at radius 2 is 1.68 bits per heavy atom. The minimum absolute atomic E-state index is 0.0610. The molecule has 0 aliphatic rings. The molecule has 0 amide bonds. The second kappa shape index (κ2) is 6.36. The molecule has 128 valence electrons. The summed E-state index contributed by atoms with van der Waals surface area (Å²) < 4.78 is 5.49. The molecule has 3 rings (SSSR count). The molecular weight excluding hydrogens is 308 g/mol. The van der Waals surface area contributed by atoms with Gasteiger partial charge in [0.25, 0.3) is 0 Å². The molecule has 0 saturated carbocycles. The summed E-state index contributed by atoms with van der Waals surface area (Å²) in [6.07, 6.45) is 0. The summed E-state index contributed by atoms with van der Waals surface area (Å²) in [6.45, 7) is 12.2. The Balaban J connectivity index is 2.22. The molecule has 25 heavy (non-hydrogen) atoms. The molecule has 0 spiro atoms. The van der Waals surface area contributed by atoms with Crippen molar-refractivity contribution in [2.75, 3.05) is 0 Å². The second-order valence-corrected chi connectivity index (χ2v) is 7.62. The molecule has 0 aliphatic heterocycles. The Kier molecular flexibility index (Phi) is 4.38. The van der Waals surface area contributed by atoms with Gasteiger partial charge in [0.2, 0.25) is 0 Å². The highest BCUT2D eigenvalue weighted by atomic mass is 16.5. The zero-order chi connectivity index (χ0) is 18.2. The maximum Gasteiger partial charge on any atom is 0.333 e. The Morgan fingerprint density at radius 3 is 2.36 bits per heavy atom. The minimum Gasteiger partial charge on any atom is -0.457 e. The van der Waals surface area contributed by atoms with Crippen molar-refractivity contribution in [2.24, 2.45) is 0 Å². The van der Waals surface area contributed by atoms with E-state index in [0.717, 1.165) is 27.1 Å². The predicted molar refractivity (Wildman–Crippen MR) is 105 cm³/mol. The van der Waals surface area contributed by atoms with Gasteiger partial charge in [0.05, 0.1) is 0 Å². The lowest BCUT2D eigenvalue weighted by molar-refractivity contribution is -0.140. The Morgan fingerprint density at radius 1 is 1.00 bits per heavy atom. The number of carbonyl (C=O) groups is 1. The van der Waals surface area contributed by atoms with Crippen LogP contribution in [0.4, 0.5) is 0 Å². The molecule has 3 aromatic rings. The van der Waals surface area contributed by atoms with Crippen LogP contribution in [0.25, 0.3) is 21.5 Å². The number of rotatable bonds is 3. The van der Waals surface area contributed by atoms with Crippen molar-refractivity contribution < 1.29 is 9.53 Å². The van der Waals surface area contributed by atoms with Gasteiger partial charge in [0.15, 0.2) is 0 Å². The third-order valence-corrected chi connectivity index (χ3v) is 4.54. The lowest BCUT2D eigenvalue weighted by Crippen LogP contribution is -2.11. The molecule has 0 radical (unpaired) electrons. The molecule has 0 bridgehead atoms. The summed E-state index contributed by atoms with van der Waals surface area (Å²) in [5.41, 5.74) is 2.79. The molecule has 0 aromatic heterocycles. The fraction of sp³-hybridized carbons (Fsp3) is 0.261. The van der Waals surface area contributed by atoms with Crippen LogP contribution >= 0.6 is 0 Å². The maximum absolute atomic E-state index is 11.9. The van der Waals surface area contributed by atoms with Gasteiger partial charge >= 0.3 is 5.97 Å². The summed E-state index contributed by atoms with van der Waals surface area (Å²) in [6, 6.07) is 17.0. The molecule has 0 atom stereocenters. The van der Waals surface area contributed by atoms with Gasteiger partial charge in [-0.2, -0.15) is 0 Å². The van der Waals surface area contributed by atoms with Crippen LogP contribution in [0.15, 0.2) is 60.7 Å². The number of benzene rings is 3. The van der Waals surface area contributed by atoms with E-state index in [1.54, 1.807) is 6.92 Å². The normalized spacial score (nSPS) is 11.7. The number of carbonyl (C=O) groups excluding carboxylic acids is 1. The number of hydrogen-bond donors (Lipinski definition) is 0. The van der Waals surface area contributed by atoms with Gasteiger partial charge in [0.1, 0.15) is 6.61 Å². The van der Waals surface area contributed by atoms with Crippen molar-refractivity contribution in [3.63, 3.8) is 0 Å². The largest absolute Gasteiger partial charge is 0.457 e. The number of esters is 1. The zero-order valence-electron chi connectivity index (χ0n) is 15.3. The van der Waals surface area contributed by atoms with E-state index in [0.29, 0.717) is 5.57 Å². The van der Waals surface area contributed by atoms with Crippen LogP contribution in [0.3, 0.4) is 0 Å². The van der Waals surface area contributed by atoms with E-state index < -0.39 is 0 Å². The van der Waals surface area contributed by atoms with Gasteiger partial charge in [-0.15, -0.1) is 0 Å². The van der Waals surface area contributed by atoms with Crippen LogP contribution in [0.1, 0.15) is 38.8 Å². The average molecular weight is 332 g/mol. The summed E-state index contributed by atoms with van der Waals surface area (Å²) in [5, 5.41) is 4.57. The maximum atomic E-state index is 11.9. The molecule has 0 N–H and O–H groups in total. The Hall–Kier alpha value is -2.61. The first kappa shape index (κ1) is 17.2. The van der Waals surface area contributed by atoms with E-state index >= 15 is 0 Å².